The SMILES string of the molecule is Clc1ccc(Oc2ccc(C3CNCCO3)cc2)cc1. The summed E-state index contributed by atoms with van der Waals surface area (Å²) in [6.45, 7) is 2.54. The van der Waals surface area contributed by atoms with Crippen LogP contribution in [-0.2, 0) is 4.74 Å². The van der Waals surface area contributed by atoms with Gasteiger partial charge >= 0.3 is 0 Å². The second kappa shape index (κ2) is 6.27. The molecule has 0 spiro atoms. The molecule has 2 aromatic carbocycles. The minimum absolute atomic E-state index is 0.133. The lowest BCUT2D eigenvalue weighted by Gasteiger charge is -2.24. The largest absolute Gasteiger partial charge is 0.457 e. The zero-order valence-electron chi connectivity index (χ0n) is 11.0. The number of morpholine rings is 1. The van der Waals surface area contributed by atoms with E-state index in [1.165, 1.54) is 5.56 Å². The molecule has 1 heterocycles. The molecule has 3 rings (SSSR count). The van der Waals surface area contributed by atoms with Crippen molar-refractivity contribution in [1.29, 1.82) is 0 Å². The maximum Gasteiger partial charge on any atom is 0.127 e. The van der Waals surface area contributed by atoms with E-state index >= 15 is 0 Å². The second-order valence-electron chi connectivity index (χ2n) is 4.69. The molecular weight excluding hydrogens is 274 g/mol. The van der Waals surface area contributed by atoms with Crippen LogP contribution in [0.5, 0.6) is 11.5 Å². The molecule has 1 unspecified atom stereocenters. The normalized spacial score (nSPS) is 18.8. The third kappa shape index (κ3) is 3.31. The van der Waals surface area contributed by atoms with Crippen molar-refractivity contribution in [2.75, 3.05) is 19.7 Å². The number of hydrogen-bond acceptors (Lipinski definition) is 3. The average Bonchev–Trinajstić information content (AvgIpc) is 2.51. The summed E-state index contributed by atoms with van der Waals surface area (Å²) in [5.41, 5.74) is 1.17. The van der Waals surface area contributed by atoms with Gasteiger partial charge in [0.05, 0.1) is 12.7 Å². The van der Waals surface area contributed by atoms with Crippen LogP contribution >= 0.6 is 11.6 Å². The fourth-order valence-corrected chi connectivity index (χ4v) is 2.29. The predicted molar refractivity (Wildman–Crippen MR) is 79.5 cm³/mol. The Labute approximate surface area is 123 Å². The predicted octanol–water partition coefficient (Wildman–Crippen LogP) is 3.79. The summed E-state index contributed by atoms with van der Waals surface area (Å²) in [6, 6.07) is 15.3. The molecule has 1 atom stereocenters. The summed E-state index contributed by atoms with van der Waals surface area (Å²) in [5, 5.41) is 4.03. The highest BCUT2D eigenvalue weighted by Crippen LogP contribution is 2.26. The van der Waals surface area contributed by atoms with Crippen molar-refractivity contribution in [3.8, 4) is 11.5 Å². The van der Waals surface area contributed by atoms with Gasteiger partial charge in [0.15, 0.2) is 0 Å². The number of hydrogen-bond donors (Lipinski definition) is 1. The summed E-state index contributed by atoms with van der Waals surface area (Å²) < 4.78 is 11.5. The number of ether oxygens (including phenoxy) is 2. The van der Waals surface area contributed by atoms with Gasteiger partial charge in [-0.3, -0.25) is 0 Å². The Morgan fingerprint density at radius 2 is 1.65 bits per heavy atom. The summed E-state index contributed by atoms with van der Waals surface area (Å²) in [5.74, 6) is 1.58. The summed E-state index contributed by atoms with van der Waals surface area (Å²) in [4.78, 5) is 0. The zero-order chi connectivity index (χ0) is 13.8. The molecule has 1 saturated heterocycles. The van der Waals surface area contributed by atoms with E-state index in [1.807, 2.05) is 48.5 Å². The first-order valence-corrected chi connectivity index (χ1v) is 7.05. The van der Waals surface area contributed by atoms with Gasteiger partial charge in [0.25, 0.3) is 0 Å². The molecule has 0 aliphatic carbocycles. The number of rotatable bonds is 3. The van der Waals surface area contributed by atoms with Crippen LogP contribution in [0.1, 0.15) is 11.7 Å². The van der Waals surface area contributed by atoms with E-state index in [0.29, 0.717) is 5.02 Å². The monoisotopic (exact) mass is 289 g/mol. The zero-order valence-corrected chi connectivity index (χ0v) is 11.8. The summed E-state index contributed by atoms with van der Waals surface area (Å²) >= 11 is 5.85. The van der Waals surface area contributed by atoms with E-state index in [4.69, 9.17) is 21.1 Å². The highest BCUT2D eigenvalue weighted by molar-refractivity contribution is 6.30. The van der Waals surface area contributed by atoms with Crippen molar-refractivity contribution in [3.05, 3.63) is 59.1 Å². The van der Waals surface area contributed by atoms with Crippen molar-refractivity contribution in [3.63, 3.8) is 0 Å². The fourth-order valence-electron chi connectivity index (χ4n) is 2.17. The van der Waals surface area contributed by atoms with Crippen LogP contribution in [-0.4, -0.2) is 19.7 Å². The molecule has 1 aliphatic heterocycles. The van der Waals surface area contributed by atoms with Crippen LogP contribution in [0.4, 0.5) is 0 Å². The Kier molecular flexibility index (Phi) is 4.21. The lowest BCUT2D eigenvalue weighted by atomic mass is 10.1. The Morgan fingerprint density at radius 3 is 2.25 bits per heavy atom. The third-order valence-electron chi connectivity index (χ3n) is 3.23. The van der Waals surface area contributed by atoms with Gasteiger partial charge in [-0.2, -0.15) is 0 Å². The molecule has 20 heavy (non-hydrogen) atoms. The van der Waals surface area contributed by atoms with Crippen LogP contribution in [0.3, 0.4) is 0 Å². The molecule has 0 radical (unpaired) electrons. The van der Waals surface area contributed by atoms with Crippen molar-refractivity contribution in [2.45, 2.75) is 6.10 Å². The highest BCUT2D eigenvalue weighted by Gasteiger charge is 2.15. The van der Waals surface area contributed by atoms with Gasteiger partial charge in [-0.1, -0.05) is 23.7 Å². The van der Waals surface area contributed by atoms with Crippen molar-refractivity contribution in [1.82, 2.24) is 5.32 Å². The second-order valence-corrected chi connectivity index (χ2v) is 5.13. The van der Waals surface area contributed by atoms with Gasteiger partial charge in [0.2, 0.25) is 0 Å². The lowest BCUT2D eigenvalue weighted by molar-refractivity contribution is 0.0277. The van der Waals surface area contributed by atoms with Crippen molar-refractivity contribution < 1.29 is 9.47 Å². The molecule has 3 nitrogen and oxygen atoms in total. The molecule has 1 fully saturated rings. The van der Waals surface area contributed by atoms with Crippen LogP contribution in [0.25, 0.3) is 0 Å². The van der Waals surface area contributed by atoms with E-state index in [2.05, 4.69) is 5.32 Å². The Bertz CT molecular complexity index is 548. The topological polar surface area (TPSA) is 30.5 Å². The third-order valence-corrected chi connectivity index (χ3v) is 3.48. The molecular formula is C16H16ClNO2. The van der Waals surface area contributed by atoms with Crippen LogP contribution in [0.2, 0.25) is 5.02 Å². The van der Waals surface area contributed by atoms with Gasteiger partial charge < -0.3 is 14.8 Å². The molecule has 1 aliphatic rings. The molecule has 0 amide bonds. The minimum atomic E-state index is 0.133. The van der Waals surface area contributed by atoms with Gasteiger partial charge in [-0.05, 0) is 42.0 Å². The van der Waals surface area contributed by atoms with Gasteiger partial charge in [0.1, 0.15) is 11.5 Å². The molecule has 0 saturated carbocycles. The summed E-state index contributed by atoms with van der Waals surface area (Å²) in [7, 11) is 0. The fraction of sp³-hybridized carbons (Fsp3) is 0.250. The van der Waals surface area contributed by atoms with E-state index in [9.17, 15) is 0 Å². The smallest absolute Gasteiger partial charge is 0.127 e. The van der Waals surface area contributed by atoms with E-state index < -0.39 is 0 Å². The minimum Gasteiger partial charge on any atom is -0.457 e. The lowest BCUT2D eigenvalue weighted by Crippen LogP contribution is -2.33. The van der Waals surface area contributed by atoms with Crippen LogP contribution < -0.4 is 10.1 Å². The summed E-state index contributed by atoms with van der Waals surface area (Å²) in [6.07, 6.45) is 0.133. The average molecular weight is 290 g/mol. The molecule has 104 valence electrons. The molecule has 0 bridgehead atoms. The first-order valence-electron chi connectivity index (χ1n) is 6.67. The number of nitrogens with one attached hydrogen (secondary N) is 1. The van der Waals surface area contributed by atoms with Crippen LogP contribution in [0.15, 0.2) is 48.5 Å². The van der Waals surface area contributed by atoms with Crippen molar-refractivity contribution >= 4 is 11.6 Å². The maximum absolute atomic E-state index is 5.85. The van der Waals surface area contributed by atoms with E-state index in [0.717, 1.165) is 31.2 Å². The first-order chi connectivity index (χ1) is 9.81. The highest BCUT2D eigenvalue weighted by atomic mass is 35.5. The number of halogens is 1. The quantitative estimate of drug-likeness (QED) is 0.932. The Hall–Kier alpha value is -1.55. The Morgan fingerprint density at radius 1 is 1.00 bits per heavy atom. The molecule has 4 heteroatoms. The van der Waals surface area contributed by atoms with Gasteiger partial charge in [0, 0.05) is 18.1 Å². The molecule has 2 aromatic rings. The van der Waals surface area contributed by atoms with E-state index in [1.54, 1.807) is 0 Å². The molecule has 0 aromatic heterocycles. The maximum atomic E-state index is 5.85. The van der Waals surface area contributed by atoms with Gasteiger partial charge in [-0.15, -0.1) is 0 Å². The van der Waals surface area contributed by atoms with Crippen LogP contribution in [0, 0.1) is 0 Å². The van der Waals surface area contributed by atoms with Gasteiger partial charge in [-0.25, -0.2) is 0 Å². The standard InChI is InChI=1S/C16H16ClNO2/c17-13-3-7-15(8-4-13)20-14-5-1-12(2-6-14)16-11-18-9-10-19-16/h1-8,16,18H,9-11H2. The number of benzene rings is 2. The first kappa shape index (κ1) is 13.4. The van der Waals surface area contributed by atoms with Crippen molar-refractivity contribution in [2.24, 2.45) is 0 Å². The molecule has 1 N–H and O–H groups in total. The Balaban J connectivity index is 1.67. The van der Waals surface area contributed by atoms with E-state index in [-0.39, 0.29) is 6.10 Å².